The van der Waals surface area contributed by atoms with Gasteiger partial charge in [-0.05, 0) is 40.9 Å². The lowest BCUT2D eigenvalue weighted by Gasteiger charge is -2.26. The van der Waals surface area contributed by atoms with Crippen LogP contribution in [-0.4, -0.2) is 23.0 Å². The first kappa shape index (κ1) is 14.1. The number of carbonyl (C=O) groups excluding carboxylic acids is 1. The van der Waals surface area contributed by atoms with Crippen molar-refractivity contribution in [2.75, 3.05) is 6.54 Å². The van der Waals surface area contributed by atoms with Crippen LogP contribution in [0.25, 0.3) is 0 Å². The maximum Gasteiger partial charge on any atom is 0.271 e. The van der Waals surface area contributed by atoms with Crippen LogP contribution in [0.4, 0.5) is 0 Å². The van der Waals surface area contributed by atoms with E-state index >= 15 is 0 Å². The van der Waals surface area contributed by atoms with E-state index in [9.17, 15) is 4.79 Å². The van der Waals surface area contributed by atoms with E-state index in [1.165, 1.54) is 0 Å². The zero-order chi connectivity index (χ0) is 12.9. The number of aromatic nitrogens is 1. The van der Waals surface area contributed by atoms with Crippen LogP contribution >= 0.6 is 15.9 Å². The summed E-state index contributed by atoms with van der Waals surface area (Å²) in [6.45, 7) is 4.50. The third-order valence-corrected chi connectivity index (χ3v) is 3.62. The molecule has 4 nitrogen and oxygen atoms in total. The molecule has 0 bridgehead atoms. The average Bonchev–Trinajstić information content (AvgIpc) is 2.36. The fraction of sp³-hybridized carbons (Fsp3) is 0.500. The Balaban J connectivity index is 2.65. The summed E-state index contributed by atoms with van der Waals surface area (Å²) >= 11 is 3.30. The van der Waals surface area contributed by atoms with Crippen molar-refractivity contribution in [1.29, 1.82) is 0 Å². The highest BCUT2D eigenvalue weighted by Crippen LogP contribution is 2.14. The van der Waals surface area contributed by atoms with Gasteiger partial charge in [0.1, 0.15) is 5.69 Å². The average molecular weight is 300 g/mol. The van der Waals surface area contributed by atoms with E-state index in [0.29, 0.717) is 16.7 Å². The van der Waals surface area contributed by atoms with Crippen LogP contribution in [-0.2, 0) is 0 Å². The molecule has 1 aromatic rings. The quantitative estimate of drug-likeness (QED) is 0.875. The van der Waals surface area contributed by atoms with Gasteiger partial charge in [0.15, 0.2) is 0 Å². The molecule has 17 heavy (non-hydrogen) atoms. The molecule has 1 heterocycles. The molecule has 0 spiro atoms. The van der Waals surface area contributed by atoms with Crippen molar-refractivity contribution < 1.29 is 4.79 Å². The first-order chi connectivity index (χ1) is 8.02. The van der Waals surface area contributed by atoms with Crippen molar-refractivity contribution in [2.45, 2.75) is 32.2 Å². The zero-order valence-electron chi connectivity index (χ0n) is 10.2. The monoisotopic (exact) mass is 299 g/mol. The molecule has 0 radical (unpaired) electrons. The third kappa shape index (κ3) is 3.78. The topological polar surface area (TPSA) is 68.0 Å². The van der Waals surface area contributed by atoms with Gasteiger partial charge >= 0.3 is 0 Å². The van der Waals surface area contributed by atoms with Crippen LogP contribution in [0.2, 0.25) is 0 Å². The molecule has 0 unspecified atom stereocenters. The first-order valence-electron chi connectivity index (χ1n) is 5.70. The van der Waals surface area contributed by atoms with Crippen molar-refractivity contribution in [3.8, 4) is 0 Å². The molecule has 0 aromatic carbocycles. The minimum atomic E-state index is -0.336. The molecule has 94 valence electrons. The SMILES string of the molecule is CCC(N)(CC)CNC(=O)c1ncccc1Br. The number of nitrogens with one attached hydrogen (secondary N) is 1. The molecule has 0 fully saturated rings. The fourth-order valence-corrected chi connectivity index (χ4v) is 1.83. The largest absolute Gasteiger partial charge is 0.349 e. The summed E-state index contributed by atoms with van der Waals surface area (Å²) in [4.78, 5) is 15.9. The maximum absolute atomic E-state index is 11.9. The van der Waals surface area contributed by atoms with E-state index in [2.05, 4.69) is 26.2 Å². The number of pyridine rings is 1. The normalized spacial score (nSPS) is 11.3. The van der Waals surface area contributed by atoms with E-state index < -0.39 is 0 Å². The second-order valence-corrected chi connectivity index (χ2v) is 4.94. The van der Waals surface area contributed by atoms with Gasteiger partial charge in [-0.1, -0.05) is 13.8 Å². The Labute approximate surface area is 110 Å². The Hall–Kier alpha value is -0.940. The van der Waals surface area contributed by atoms with E-state index in [-0.39, 0.29) is 11.4 Å². The molecule has 0 aliphatic rings. The predicted molar refractivity (Wildman–Crippen MR) is 71.8 cm³/mol. The summed E-state index contributed by atoms with van der Waals surface area (Å²) < 4.78 is 0.688. The molecule has 0 aliphatic heterocycles. The van der Waals surface area contributed by atoms with Crippen molar-refractivity contribution in [1.82, 2.24) is 10.3 Å². The fourth-order valence-electron chi connectivity index (χ4n) is 1.39. The summed E-state index contributed by atoms with van der Waals surface area (Å²) in [5.41, 5.74) is 6.17. The molecule has 3 N–H and O–H groups in total. The van der Waals surface area contributed by atoms with Gasteiger partial charge in [-0.15, -0.1) is 0 Å². The van der Waals surface area contributed by atoms with Gasteiger partial charge in [0, 0.05) is 22.8 Å². The van der Waals surface area contributed by atoms with Crippen molar-refractivity contribution in [2.24, 2.45) is 5.73 Å². The Bertz CT molecular complexity index is 391. The summed E-state index contributed by atoms with van der Waals surface area (Å²) in [7, 11) is 0. The summed E-state index contributed by atoms with van der Waals surface area (Å²) in [5.74, 6) is -0.200. The van der Waals surface area contributed by atoms with Crippen LogP contribution < -0.4 is 11.1 Å². The molecule has 0 saturated heterocycles. The zero-order valence-corrected chi connectivity index (χ0v) is 11.8. The van der Waals surface area contributed by atoms with Crippen molar-refractivity contribution in [3.63, 3.8) is 0 Å². The standard InChI is InChI=1S/C12H18BrN3O/c1-3-12(14,4-2)8-16-11(17)10-9(13)6-5-7-15-10/h5-7H,3-4,8,14H2,1-2H3,(H,16,17). The van der Waals surface area contributed by atoms with Gasteiger partial charge < -0.3 is 11.1 Å². The summed E-state index contributed by atoms with van der Waals surface area (Å²) in [6, 6.07) is 3.56. The van der Waals surface area contributed by atoms with E-state index in [4.69, 9.17) is 5.73 Å². The molecule has 1 aromatic heterocycles. The molecule has 1 rings (SSSR count). The minimum Gasteiger partial charge on any atom is -0.349 e. The highest BCUT2D eigenvalue weighted by Gasteiger charge is 2.22. The van der Waals surface area contributed by atoms with Gasteiger partial charge in [0.05, 0.1) is 0 Å². The number of carbonyl (C=O) groups is 1. The second kappa shape index (κ2) is 6.12. The number of hydrogen-bond acceptors (Lipinski definition) is 3. The molecule has 5 heteroatoms. The second-order valence-electron chi connectivity index (χ2n) is 4.09. The lowest BCUT2D eigenvalue weighted by molar-refractivity contribution is 0.0936. The Kier molecular flexibility index (Phi) is 5.08. The van der Waals surface area contributed by atoms with Crippen molar-refractivity contribution in [3.05, 3.63) is 28.5 Å². The van der Waals surface area contributed by atoms with Crippen LogP contribution in [0.15, 0.2) is 22.8 Å². The highest BCUT2D eigenvalue weighted by atomic mass is 79.9. The van der Waals surface area contributed by atoms with Gasteiger partial charge in [-0.2, -0.15) is 0 Å². The molecular formula is C12H18BrN3O. The van der Waals surface area contributed by atoms with Crippen LogP contribution in [0.1, 0.15) is 37.2 Å². The Morgan fingerprint density at radius 3 is 2.71 bits per heavy atom. The first-order valence-corrected chi connectivity index (χ1v) is 6.49. The lowest BCUT2D eigenvalue weighted by Crippen LogP contribution is -2.49. The van der Waals surface area contributed by atoms with Crippen LogP contribution in [0.3, 0.4) is 0 Å². The van der Waals surface area contributed by atoms with Crippen molar-refractivity contribution >= 4 is 21.8 Å². The lowest BCUT2D eigenvalue weighted by atomic mass is 9.94. The number of halogens is 1. The number of rotatable bonds is 5. The molecule has 0 saturated carbocycles. The Morgan fingerprint density at radius 1 is 1.53 bits per heavy atom. The molecule has 0 aliphatic carbocycles. The molecule has 0 atom stereocenters. The Morgan fingerprint density at radius 2 is 2.18 bits per heavy atom. The number of nitrogens with two attached hydrogens (primary N) is 1. The number of hydrogen-bond donors (Lipinski definition) is 2. The summed E-state index contributed by atoms with van der Waals surface area (Å²) in [6.07, 6.45) is 3.25. The van der Waals surface area contributed by atoms with E-state index in [1.807, 2.05) is 13.8 Å². The van der Waals surface area contributed by atoms with Gasteiger partial charge in [-0.25, -0.2) is 4.98 Å². The number of nitrogens with zero attached hydrogens (tertiary/aromatic N) is 1. The van der Waals surface area contributed by atoms with E-state index in [0.717, 1.165) is 12.8 Å². The minimum absolute atomic E-state index is 0.200. The smallest absolute Gasteiger partial charge is 0.271 e. The highest BCUT2D eigenvalue weighted by molar-refractivity contribution is 9.10. The maximum atomic E-state index is 11.9. The molecule has 1 amide bonds. The van der Waals surface area contributed by atoms with Gasteiger partial charge in [-0.3, -0.25) is 4.79 Å². The van der Waals surface area contributed by atoms with Gasteiger partial charge in [0.2, 0.25) is 0 Å². The predicted octanol–water partition coefficient (Wildman–Crippen LogP) is 2.09. The number of amides is 1. The van der Waals surface area contributed by atoms with Crippen LogP contribution in [0.5, 0.6) is 0 Å². The summed E-state index contributed by atoms with van der Waals surface area (Å²) in [5, 5.41) is 2.83. The molecular weight excluding hydrogens is 282 g/mol. The van der Waals surface area contributed by atoms with E-state index in [1.54, 1.807) is 18.3 Å². The van der Waals surface area contributed by atoms with Crippen LogP contribution in [0, 0.1) is 0 Å². The van der Waals surface area contributed by atoms with Gasteiger partial charge in [0.25, 0.3) is 5.91 Å². The third-order valence-electron chi connectivity index (χ3n) is 2.98.